The van der Waals surface area contributed by atoms with Gasteiger partial charge in [-0.2, -0.15) is 0 Å². The van der Waals surface area contributed by atoms with Crippen LogP contribution in [-0.2, 0) is 15.9 Å². The Morgan fingerprint density at radius 1 is 1.29 bits per heavy atom. The van der Waals surface area contributed by atoms with E-state index >= 15 is 0 Å². The van der Waals surface area contributed by atoms with Gasteiger partial charge in [-0.25, -0.2) is 0 Å². The van der Waals surface area contributed by atoms with Gasteiger partial charge in [0, 0.05) is 33.2 Å². The largest absolute Gasteiger partial charge is 0.381 e. The van der Waals surface area contributed by atoms with Gasteiger partial charge in [0.15, 0.2) is 0 Å². The topological polar surface area (TPSA) is 30.5 Å². The van der Waals surface area contributed by atoms with Crippen molar-refractivity contribution in [1.29, 1.82) is 0 Å². The zero-order chi connectivity index (χ0) is 15.1. The van der Waals surface area contributed by atoms with Gasteiger partial charge >= 0.3 is 0 Å². The Morgan fingerprint density at radius 3 is 2.67 bits per heavy atom. The van der Waals surface area contributed by atoms with Crippen molar-refractivity contribution >= 4 is 0 Å². The highest BCUT2D eigenvalue weighted by molar-refractivity contribution is 5.28. The number of aryl methyl sites for hydroxylation is 1. The zero-order valence-corrected chi connectivity index (χ0v) is 13.7. The number of benzene rings is 1. The quantitative estimate of drug-likeness (QED) is 0.834. The lowest BCUT2D eigenvalue weighted by Crippen LogP contribution is -2.49. The Morgan fingerprint density at radius 2 is 2.05 bits per heavy atom. The second kappa shape index (κ2) is 7.92. The maximum atomic E-state index is 6.02. The van der Waals surface area contributed by atoms with Gasteiger partial charge in [0.05, 0.1) is 11.6 Å². The minimum atomic E-state index is -0.153. The third-order valence-corrected chi connectivity index (χ3v) is 4.56. The Hall–Kier alpha value is -0.900. The summed E-state index contributed by atoms with van der Waals surface area (Å²) in [6, 6.07) is 9.14. The van der Waals surface area contributed by atoms with Gasteiger partial charge in [-0.1, -0.05) is 38.1 Å². The van der Waals surface area contributed by atoms with Crippen LogP contribution in [0.1, 0.15) is 50.3 Å². The van der Waals surface area contributed by atoms with Gasteiger partial charge in [-0.3, -0.25) is 0 Å². The average molecular weight is 291 g/mol. The fourth-order valence-corrected chi connectivity index (χ4v) is 3.22. The Bertz CT molecular complexity index is 427. The summed E-state index contributed by atoms with van der Waals surface area (Å²) >= 11 is 0. The molecule has 1 aliphatic heterocycles. The van der Waals surface area contributed by atoms with Crippen molar-refractivity contribution in [3.63, 3.8) is 0 Å². The van der Waals surface area contributed by atoms with Crippen molar-refractivity contribution in [3.8, 4) is 0 Å². The summed E-state index contributed by atoms with van der Waals surface area (Å²) in [6.07, 6.45) is 4.08. The molecule has 0 radical (unpaired) electrons. The molecule has 1 aromatic rings. The van der Waals surface area contributed by atoms with Gasteiger partial charge in [0.1, 0.15) is 0 Å². The van der Waals surface area contributed by atoms with Crippen LogP contribution < -0.4 is 5.32 Å². The number of methoxy groups -OCH3 is 1. The molecule has 3 heteroatoms. The van der Waals surface area contributed by atoms with Crippen molar-refractivity contribution in [1.82, 2.24) is 5.32 Å². The zero-order valence-electron chi connectivity index (χ0n) is 13.7. The summed E-state index contributed by atoms with van der Waals surface area (Å²) in [5, 5.41) is 3.72. The molecule has 3 nitrogen and oxygen atoms in total. The second-order valence-corrected chi connectivity index (χ2v) is 5.87. The van der Waals surface area contributed by atoms with Gasteiger partial charge in [0.2, 0.25) is 0 Å². The number of hydrogen-bond acceptors (Lipinski definition) is 3. The standard InChI is InChI=1S/C18H29NO2/c1-4-11-19-17(16-8-6-7-15(5-2)14-16)18(20-3)9-12-21-13-10-18/h6-8,14,17,19H,4-5,9-13H2,1-3H3. The van der Waals surface area contributed by atoms with Gasteiger partial charge in [0.25, 0.3) is 0 Å². The van der Waals surface area contributed by atoms with Crippen LogP contribution in [0.5, 0.6) is 0 Å². The van der Waals surface area contributed by atoms with E-state index in [1.165, 1.54) is 11.1 Å². The van der Waals surface area contributed by atoms with Crippen LogP contribution in [0.15, 0.2) is 24.3 Å². The van der Waals surface area contributed by atoms with Crippen LogP contribution in [0.2, 0.25) is 0 Å². The van der Waals surface area contributed by atoms with Crippen molar-refractivity contribution < 1.29 is 9.47 Å². The maximum absolute atomic E-state index is 6.02. The van der Waals surface area contributed by atoms with Gasteiger partial charge in [-0.05, 0) is 30.5 Å². The molecule has 0 aromatic heterocycles. The first kappa shape index (κ1) is 16.5. The fourth-order valence-electron chi connectivity index (χ4n) is 3.22. The molecular formula is C18H29NO2. The third kappa shape index (κ3) is 3.85. The normalized spacial score (nSPS) is 19.4. The first-order valence-corrected chi connectivity index (χ1v) is 8.21. The van der Waals surface area contributed by atoms with E-state index in [0.717, 1.165) is 45.4 Å². The molecule has 0 saturated carbocycles. The Kier molecular flexibility index (Phi) is 6.22. The average Bonchev–Trinajstić information content (AvgIpc) is 2.56. The van der Waals surface area contributed by atoms with Crippen molar-refractivity contribution in [3.05, 3.63) is 35.4 Å². The van der Waals surface area contributed by atoms with Crippen molar-refractivity contribution in [2.45, 2.75) is 51.2 Å². The summed E-state index contributed by atoms with van der Waals surface area (Å²) in [7, 11) is 1.84. The summed E-state index contributed by atoms with van der Waals surface area (Å²) in [5.41, 5.74) is 2.57. The monoisotopic (exact) mass is 291 g/mol. The van der Waals surface area contributed by atoms with Crippen LogP contribution in [0.4, 0.5) is 0 Å². The van der Waals surface area contributed by atoms with E-state index in [2.05, 4.69) is 43.4 Å². The molecule has 2 rings (SSSR count). The van der Waals surface area contributed by atoms with Crippen LogP contribution >= 0.6 is 0 Å². The predicted octanol–water partition coefficient (Wildman–Crippen LogP) is 3.49. The molecule has 0 aliphatic carbocycles. The van der Waals surface area contributed by atoms with E-state index < -0.39 is 0 Å². The highest BCUT2D eigenvalue weighted by Gasteiger charge is 2.41. The lowest BCUT2D eigenvalue weighted by molar-refractivity contribution is -0.111. The second-order valence-electron chi connectivity index (χ2n) is 5.87. The first-order chi connectivity index (χ1) is 10.3. The molecule has 0 bridgehead atoms. The van der Waals surface area contributed by atoms with E-state index in [4.69, 9.17) is 9.47 Å². The molecule has 1 unspecified atom stereocenters. The third-order valence-electron chi connectivity index (χ3n) is 4.56. The summed E-state index contributed by atoms with van der Waals surface area (Å²) in [4.78, 5) is 0. The SMILES string of the molecule is CCCNC(c1cccc(CC)c1)C1(OC)CCOCC1. The lowest BCUT2D eigenvalue weighted by Gasteiger charge is -2.43. The molecule has 0 spiro atoms. The van der Waals surface area contributed by atoms with Crippen LogP contribution in [0.3, 0.4) is 0 Å². The van der Waals surface area contributed by atoms with Crippen LogP contribution in [0.25, 0.3) is 0 Å². The number of nitrogens with one attached hydrogen (secondary N) is 1. The number of rotatable bonds is 7. The van der Waals surface area contributed by atoms with E-state index in [9.17, 15) is 0 Å². The Labute approximate surface area is 129 Å². The molecule has 1 fully saturated rings. The summed E-state index contributed by atoms with van der Waals surface area (Å²) in [6.45, 7) is 6.98. The molecular weight excluding hydrogens is 262 g/mol. The molecule has 21 heavy (non-hydrogen) atoms. The first-order valence-electron chi connectivity index (χ1n) is 8.21. The predicted molar refractivity (Wildman–Crippen MR) is 86.6 cm³/mol. The lowest BCUT2D eigenvalue weighted by atomic mass is 9.81. The molecule has 118 valence electrons. The number of hydrogen-bond donors (Lipinski definition) is 1. The van der Waals surface area contributed by atoms with E-state index in [0.29, 0.717) is 0 Å². The van der Waals surface area contributed by atoms with Crippen LogP contribution in [0, 0.1) is 0 Å². The van der Waals surface area contributed by atoms with E-state index in [-0.39, 0.29) is 11.6 Å². The number of ether oxygens (including phenoxy) is 2. The minimum absolute atomic E-state index is 0.153. The maximum Gasteiger partial charge on any atom is 0.0916 e. The van der Waals surface area contributed by atoms with Crippen molar-refractivity contribution in [2.75, 3.05) is 26.9 Å². The van der Waals surface area contributed by atoms with E-state index in [1.807, 2.05) is 7.11 Å². The van der Waals surface area contributed by atoms with E-state index in [1.54, 1.807) is 0 Å². The molecule has 1 saturated heterocycles. The summed E-state index contributed by atoms with van der Waals surface area (Å²) < 4.78 is 11.6. The molecule has 1 atom stereocenters. The molecule has 1 aromatic carbocycles. The molecule has 1 aliphatic rings. The summed E-state index contributed by atoms with van der Waals surface area (Å²) in [5.74, 6) is 0. The van der Waals surface area contributed by atoms with Crippen LogP contribution in [-0.4, -0.2) is 32.5 Å². The Balaban J connectivity index is 2.31. The minimum Gasteiger partial charge on any atom is -0.381 e. The van der Waals surface area contributed by atoms with Gasteiger partial charge in [-0.15, -0.1) is 0 Å². The molecule has 1 N–H and O–H groups in total. The van der Waals surface area contributed by atoms with Crippen molar-refractivity contribution in [2.24, 2.45) is 0 Å². The molecule has 0 amide bonds. The smallest absolute Gasteiger partial charge is 0.0916 e. The fraction of sp³-hybridized carbons (Fsp3) is 0.667. The highest BCUT2D eigenvalue weighted by atomic mass is 16.5. The van der Waals surface area contributed by atoms with Gasteiger partial charge < -0.3 is 14.8 Å². The highest BCUT2D eigenvalue weighted by Crippen LogP contribution is 2.37. The molecule has 1 heterocycles.